The zero-order valence-electron chi connectivity index (χ0n) is 9.51. The molecule has 90 valence electrons. The number of H-pyrrole nitrogens is 1. The maximum absolute atomic E-state index is 11.9. The van der Waals surface area contributed by atoms with Gasteiger partial charge < -0.3 is 10.3 Å². The van der Waals surface area contributed by atoms with Crippen molar-refractivity contribution in [2.45, 2.75) is 6.54 Å². The van der Waals surface area contributed by atoms with Gasteiger partial charge in [0.25, 0.3) is 5.56 Å². The standard InChI is InChI=1S/C13H11N3OS/c17-12-10(8-15-13-14-5-6-18-13)7-9-3-1-2-4-11(9)16-12/h1-7H,8H2,(H,14,15)(H,16,17). The van der Waals surface area contributed by atoms with Crippen molar-refractivity contribution in [3.05, 3.63) is 57.8 Å². The highest BCUT2D eigenvalue weighted by atomic mass is 32.1. The average Bonchev–Trinajstić information content (AvgIpc) is 2.89. The maximum Gasteiger partial charge on any atom is 0.253 e. The van der Waals surface area contributed by atoms with Crippen molar-refractivity contribution in [3.63, 3.8) is 0 Å². The molecule has 5 heteroatoms. The number of aromatic amines is 1. The molecular weight excluding hydrogens is 246 g/mol. The van der Waals surface area contributed by atoms with Crippen molar-refractivity contribution >= 4 is 27.4 Å². The summed E-state index contributed by atoms with van der Waals surface area (Å²) in [5.41, 5.74) is 1.52. The van der Waals surface area contributed by atoms with Crippen LogP contribution in [0.3, 0.4) is 0 Å². The molecule has 1 aromatic carbocycles. The number of para-hydroxylation sites is 1. The molecule has 18 heavy (non-hydrogen) atoms. The number of anilines is 1. The fraction of sp³-hybridized carbons (Fsp3) is 0.0769. The third-order valence-electron chi connectivity index (χ3n) is 2.69. The predicted molar refractivity (Wildman–Crippen MR) is 74.0 cm³/mol. The molecule has 0 aliphatic heterocycles. The van der Waals surface area contributed by atoms with Gasteiger partial charge in [0.2, 0.25) is 0 Å². The van der Waals surface area contributed by atoms with Gasteiger partial charge in [0, 0.05) is 29.2 Å². The third-order valence-corrected chi connectivity index (χ3v) is 3.42. The van der Waals surface area contributed by atoms with Gasteiger partial charge in [0.05, 0.1) is 0 Å². The summed E-state index contributed by atoms with van der Waals surface area (Å²) in [6, 6.07) is 9.66. The number of thiazole rings is 1. The SMILES string of the molecule is O=c1[nH]c2ccccc2cc1CNc1nccs1. The summed E-state index contributed by atoms with van der Waals surface area (Å²) >= 11 is 1.52. The zero-order valence-corrected chi connectivity index (χ0v) is 10.3. The number of aromatic nitrogens is 2. The molecule has 0 unspecified atom stereocenters. The molecule has 0 saturated carbocycles. The number of rotatable bonds is 3. The van der Waals surface area contributed by atoms with Crippen LogP contribution in [0.4, 0.5) is 5.13 Å². The lowest BCUT2D eigenvalue weighted by atomic mass is 10.1. The smallest absolute Gasteiger partial charge is 0.253 e. The normalized spacial score (nSPS) is 10.7. The van der Waals surface area contributed by atoms with E-state index in [1.54, 1.807) is 6.20 Å². The Bertz CT molecular complexity index is 718. The third kappa shape index (κ3) is 2.12. The molecule has 0 amide bonds. The van der Waals surface area contributed by atoms with Gasteiger partial charge in [-0.05, 0) is 17.5 Å². The summed E-state index contributed by atoms with van der Waals surface area (Å²) < 4.78 is 0. The van der Waals surface area contributed by atoms with Gasteiger partial charge in [0.15, 0.2) is 5.13 Å². The van der Waals surface area contributed by atoms with Gasteiger partial charge in [-0.25, -0.2) is 4.98 Å². The molecule has 3 aromatic rings. The van der Waals surface area contributed by atoms with Crippen molar-refractivity contribution in [2.75, 3.05) is 5.32 Å². The van der Waals surface area contributed by atoms with Crippen molar-refractivity contribution in [2.24, 2.45) is 0 Å². The van der Waals surface area contributed by atoms with Crippen LogP contribution in [0, 0.1) is 0 Å². The lowest BCUT2D eigenvalue weighted by Gasteiger charge is -2.04. The van der Waals surface area contributed by atoms with E-state index in [1.165, 1.54) is 11.3 Å². The average molecular weight is 257 g/mol. The van der Waals surface area contributed by atoms with Crippen molar-refractivity contribution in [1.29, 1.82) is 0 Å². The molecule has 3 rings (SSSR count). The topological polar surface area (TPSA) is 57.8 Å². The second kappa shape index (κ2) is 4.62. The highest BCUT2D eigenvalue weighted by Gasteiger charge is 2.03. The minimum Gasteiger partial charge on any atom is -0.357 e. The summed E-state index contributed by atoms with van der Waals surface area (Å²) in [7, 11) is 0. The summed E-state index contributed by atoms with van der Waals surface area (Å²) in [6.07, 6.45) is 1.73. The molecule has 0 aliphatic carbocycles. The van der Waals surface area contributed by atoms with Gasteiger partial charge >= 0.3 is 0 Å². The van der Waals surface area contributed by atoms with Gasteiger partial charge in [-0.3, -0.25) is 4.79 Å². The Hall–Kier alpha value is -2.14. The maximum atomic E-state index is 11.9. The molecule has 0 spiro atoms. The Morgan fingerprint density at radius 3 is 3.06 bits per heavy atom. The number of hydrogen-bond donors (Lipinski definition) is 2. The lowest BCUT2D eigenvalue weighted by molar-refractivity contribution is 1.08. The van der Waals surface area contributed by atoms with Crippen LogP contribution in [0.15, 0.2) is 46.7 Å². The number of nitrogens with zero attached hydrogens (tertiary/aromatic N) is 1. The first-order chi connectivity index (χ1) is 8.83. The summed E-state index contributed by atoms with van der Waals surface area (Å²) in [5, 5.41) is 6.89. The summed E-state index contributed by atoms with van der Waals surface area (Å²) in [4.78, 5) is 18.9. The highest BCUT2D eigenvalue weighted by Crippen LogP contribution is 2.13. The van der Waals surface area contributed by atoms with Crippen molar-refractivity contribution < 1.29 is 0 Å². The van der Waals surface area contributed by atoms with E-state index >= 15 is 0 Å². The van der Waals surface area contributed by atoms with Crippen molar-refractivity contribution in [3.8, 4) is 0 Å². The number of pyridine rings is 1. The minimum absolute atomic E-state index is 0.0576. The van der Waals surface area contributed by atoms with Crippen LogP contribution < -0.4 is 10.9 Å². The molecule has 0 bridgehead atoms. The van der Waals surface area contributed by atoms with Crippen LogP contribution in [-0.2, 0) is 6.54 Å². The van der Waals surface area contributed by atoms with E-state index in [4.69, 9.17) is 0 Å². The first kappa shape index (κ1) is 11.0. The van der Waals surface area contributed by atoms with Gasteiger partial charge in [-0.2, -0.15) is 0 Å². The number of hydrogen-bond acceptors (Lipinski definition) is 4. The van der Waals surface area contributed by atoms with Crippen LogP contribution >= 0.6 is 11.3 Å². The Balaban J connectivity index is 1.92. The zero-order chi connectivity index (χ0) is 12.4. The van der Waals surface area contributed by atoms with Gasteiger partial charge in [-0.1, -0.05) is 18.2 Å². The fourth-order valence-electron chi connectivity index (χ4n) is 1.81. The summed E-state index contributed by atoms with van der Waals surface area (Å²) in [5.74, 6) is 0. The predicted octanol–water partition coefficient (Wildman–Crippen LogP) is 2.60. The Morgan fingerprint density at radius 2 is 2.22 bits per heavy atom. The Labute approximate surface area is 107 Å². The van der Waals surface area contributed by atoms with Crippen molar-refractivity contribution in [1.82, 2.24) is 9.97 Å². The second-order valence-corrected chi connectivity index (χ2v) is 4.80. The monoisotopic (exact) mass is 257 g/mol. The quantitative estimate of drug-likeness (QED) is 0.758. The first-order valence-corrected chi connectivity index (χ1v) is 6.45. The molecule has 0 radical (unpaired) electrons. The van der Waals surface area contributed by atoms with Crippen LogP contribution in [0.2, 0.25) is 0 Å². The van der Waals surface area contributed by atoms with E-state index in [-0.39, 0.29) is 5.56 Å². The number of nitrogens with one attached hydrogen (secondary N) is 2. The number of benzene rings is 1. The lowest BCUT2D eigenvalue weighted by Crippen LogP contribution is -2.15. The molecule has 0 aliphatic rings. The van der Waals surface area contributed by atoms with Crippen LogP contribution in [-0.4, -0.2) is 9.97 Å². The molecule has 0 atom stereocenters. The molecule has 0 fully saturated rings. The van der Waals surface area contributed by atoms with E-state index in [9.17, 15) is 4.79 Å². The summed E-state index contributed by atoms with van der Waals surface area (Å²) in [6.45, 7) is 0.480. The van der Waals surface area contributed by atoms with E-state index in [0.29, 0.717) is 12.1 Å². The molecule has 2 aromatic heterocycles. The highest BCUT2D eigenvalue weighted by molar-refractivity contribution is 7.13. The number of fused-ring (bicyclic) bond motifs is 1. The molecule has 2 N–H and O–H groups in total. The second-order valence-electron chi connectivity index (χ2n) is 3.90. The first-order valence-electron chi connectivity index (χ1n) is 5.57. The Morgan fingerprint density at radius 1 is 1.33 bits per heavy atom. The van der Waals surface area contributed by atoms with Crippen LogP contribution in [0.5, 0.6) is 0 Å². The van der Waals surface area contributed by atoms with E-state index < -0.39 is 0 Å². The minimum atomic E-state index is -0.0576. The fourth-order valence-corrected chi connectivity index (χ4v) is 2.33. The molecule has 0 saturated heterocycles. The van der Waals surface area contributed by atoms with Crippen LogP contribution in [0.25, 0.3) is 10.9 Å². The van der Waals surface area contributed by atoms with E-state index in [1.807, 2.05) is 35.7 Å². The van der Waals surface area contributed by atoms with Crippen LogP contribution in [0.1, 0.15) is 5.56 Å². The largest absolute Gasteiger partial charge is 0.357 e. The van der Waals surface area contributed by atoms with E-state index in [2.05, 4.69) is 15.3 Å². The molecule has 4 nitrogen and oxygen atoms in total. The Kier molecular flexibility index (Phi) is 2.82. The molecule has 2 heterocycles. The van der Waals surface area contributed by atoms with E-state index in [0.717, 1.165) is 16.0 Å². The molecular formula is C13H11N3OS. The van der Waals surface area contributed by atoms with Gasteiger partial charge in [0.1, 0.15) is 0 Å². The van der Waals surface area contributed by atoms with Gasteiger partial charge in [-0.15, -0.1) is 11.3 Å².